The SMILES string of the molecule is CC1CCCCN1CCCn1c(N)nc2c(Cl)cccc21. The second-order valence-electron chi connectivity index (χ2n) is 5.96. The fourth-order valence-electron chi connectivity index (χ4n) is 3.29. The van der Waals surface area contributed by atoms with Gasteiger partial charge in [-0.05, 0) is 44.9 Å². The second kappa shape index (κ2) is 6.24. The molecule has 1 aromatic heterocycles. The van der Waals surface area contributed by atoms with Gasteiger partial charge in [0.15, 0.2) is 0 Å². The Morgan fingerprint density at radius 2 is 2.19 bits per heavy atom. The number of anilines is 1. The minimum absolute atomic E-state index is 0.560. The molecule has 5 heteroatoms. The maximum Gasteiger partial charge on any atom is 0.201 e. The lowest BCUT2D eigenvalue weighted by Crippen LogP contribution is -2.38. The van der Waals surface area contributed by atoms with E-state index in [2.05, 4.69) is 21.4 Å². The molecule has 2 N–H and O–H groups in total. The third kappa shape index (κ3) is 3.01. The highest BCUT2D eigenvalue weighted by Gasteiger charge is 2.18. The molecule has 2 aromatic rings. The molecule has 0 saturated carbocycles. The zero-order valence-corrected chi connectivity index (χ0v) is 13.3. The minimum Gasteiger partial charge on any atom is -0.369 e. The number of piperidine rings is 1. The smallest absolute Gasteiger partial charge is 0.201 e. The largest absolute Gasteiger partial charge is 0.369 e. The number of hydrogen-bond donors (Lipinski definition) is 1. The van der Waals surface area contributed by atoms with E-state index < -0.39 is 0 Å². The number of nitrogen functional groups attached to an aromatic ring is 1. The molecule has 0 amide bonds. The summed E-state index contributed by atoms with van der Waals surface area (Å²) in [6.07, 6.45) is 5.11. The maximum atomic E-state index is 6.18. The van der Waals surface area contributed by atoms with Gasteiger partial charge >= 0.3 is 0 Å². The van der Waals surface area contributed by atoms with Crippen LogP contribution in [0.2, 0.25) is 5.02 Å². The molecule has 0 bridgehead atoms. The van der Waals surface area contributed by atoms with Crippen LogP contribution in [0.5, 0.6) is 0 Å². The summed E-state index contributed by atoms with van der Waals surface area (Å²) in [5.41, 5.74) is 7.89. The van der Waals surface area contributed by atoms with Gasteiger partial charge in [0, 0.05) is 19.1 Å². The Hall–Kier alpha value is -1.26. The Morgan fingerprint density at radius 1 is 1.33 bits per heavy atom. The van der Waals surface area contributed by atoms with Crippen LogP contribution in [0.1, 0.15) is 32.6 Å². The van der Waals surface area contributed by atoms with E-state index in [1.807, 2.05) is 18.2 Å². The van der Waals surface area contributed by atoms with Crippen molar-refractivity contribution < 1.29 is 0 Å². The number of para-hydroxylation sites is 1. The van der Waals surface area contributed by atoms with Crippen molar-refractivity contribution in [3.63, 3.8) is 0 Å². The molecule has 1 aromatic carbocycles. The second-order valence-corrected chi connectivity index (χ2v) is 6.37. The van der Waals surface area contributed by atoms with Gasteiger partial charge in [-0.25, -0.2) is 4.98 Å². The van der Waals surface area contributed by atoms with Gasteiger partial charge in [0.05, 0.1) is 10.5 Å². The molecular formula is C16H23ClN4. The van der Waals surface area contributed by atoms with Crippen LogP contribution in [0.4, 0.5) is 5.95 Å². The first-order valence-corrected chi connectivity index (χ1v) is 8.19. The summed E-state index contributed by atoms with van der Waals surface area (Å²) in [5.74, 6) is 0.560. The van der Waals surface area contributed by atoms with Gasteiger partial charge in [0.25, 0.3) is 0 Å². The number of hydrogen-bond acceptors (Lipinski definition) is 3. The lowest BCUT2D eigenvalue weighted by molar-refractivity contribution is 0.157. The highest BCUT2D eigenvalue weighted by atomic mass is 35.5. The molecule has 2 heterocycles. The summed E-state index contributed by atoms with van der Waals surface area (Å²) in [7, 11) is 0. The monoisotopic (exact) mass is 306 g/mol. The lowest BCUT2D eigenvalue weighted by Gasteiger charge is -2.33. The van der Waals surface area contributed by atoms with Gasteiger partial charge in [-0.3, -0.25) is 0 Å². The Labute approximate surface area is 130 Å². The predicted molar refractivity (Wildman–Crippen MR) is 88.7 cm³/mol. The maximum absolute atomic E-state index is 6.18. The number of imidazole rings is 1. The number of aromatic nitrogens is 2. The van der Waals surface area contributed by atoms with Crippen molar-refractivity contribution in [2.45, 2.75) is 45.2 Å². The fraction of sp³-hybridized carbons (Fsp3) is 0.562. The van der Waals surface area contributed by atoms with E-state index in [0.29, 0.717) is 17.0 Å². The quantitative estimate of drug-likeness (QED) is 0.940. The van der Waals surface area contributed by atoms with E-state index in [4.69, 9.17) is 17.3 Å². The van der Waals surface area contributed by atoms with Crippen LogP contribution in [0.3, 0.4) is 0 Å². The summed E-state index contributed by atoms with van der Waals surface area (Å²) in [6, 6.07) is 6.56. The number of fused-ring (bicyclic) bond motifs is 1. The van der Waals surface area contributed by atoms with Crippen LogP contribution in [-0.4, -0.2) is 33.6 Å². The van der Waals surface area contributed by atoms with E-state index >= 15 is 0 Å². The van der Waals surface area contributed by atoms with Gasteiger partial charge in [-0.2, -0.15) is 0 Å². The summed E-state index contributed by atoms with van der Waals surface area (Å²) in [4.78, 5) is 6.98. The molecule has 21 heavy (non-hydrogen) atoms. The first-order valence-electron chi connectivity index (χ1n) is 7.81. The number of halogens is 1. The van der Waals surface area contributed by atoms with Crippen LogP contribution in [-0.2, 0) is 6.54 Å². The lowest BCUT2D eigenvalue weighted by atomic mass is 10.0. The molecule has 1 aliphatic heterocycles. The molecule has 0 spiro atoms. The molecule has 1 aliphatic rings. The van der Waals surface area contributed by atoms with Crippen LogP contribution < -0.4 is 5.73 Å². The zero-order valence-electron chi connectivity index (χ0n) is 12.6. The molecule has 3 rings (SSSR count). The minimum atomic E-state index is 0.560. The molecule has 0 radical (unpaired) electrons. The molecule has 1 fully saturated rings. The van der Waals surface area contributed by atoms with Crippen molar-refractivity contribution in [2.24, 2.45) is 0 Å². The zero-order chi connectivity index (χ0) is 14.8. The normalized spacial score (nSPS) is 20.2. The first kappa shape index (κ1) is 14.7. The highest BCUT2D eigenvalue weighted by Crippen LogP contribution is 2.25. The fourth-order valence-corrected chi connectivity index (χ4v) is 3.50. The first-order chi connectivity index (χ1) is 10.2. The van der Waals surface area contributed by atoms with Gasteiger partial charge in [0.2, 0.25) is 5.95 Å². The number of nitrogens with zero attached hydrogens (tertiary/aromatic N) is 3. The van der Waals surface area contributed by atoms with Crippen molar-refractivity contribution in [1.82, 2.24) is 14.5 Å². The van der Waals surface area contributed by atoms with Crippen molar-refractivity contribution in [2.75, 3.05) is 18.8 Å². The summed E-state index contributed by atoms with van der Waals surface area (Å²) in [6.45, 7) is 5.58. The van der Waals surface area contributed by atoms with E-state index in [0.717, 1.165) is 30.5 Å². The topological polar surface area (TPSA) is 47.1 Å². The third-order valence-electron chi connectivity index (χ3n) is 4.53. The Kier molecular flexibility index (Phi) is 4.36. The van der Waals surface area contributed by atoms with Gasteiger partial charge in [-0.15, -0.1) is 0 Å². The van der Waals surface area contributed by atoms with Crippen LogP contribution in [0, 0.1) is 0 Å². The number of aryl methyl sites for hydroxylation is 1. The van der Waals surface area contributed by atoms with Gasteiger partial charge in [0.1, 0.15) is 5.52 Å². The molecule has 4 nitrogen and oxygen atoms in total. The van der Waals surface area contributed by atoms with E-state index in [-0.39, 0.29) is 0 Å². The number of rotatable bonds is 4. The standard InChI is InChI=1S/C16H23ClN4/c1-12-6-2-3-9-20(12)10-5-11-21-14-8-4-7-13(17)15(14)19-16(21)18/h4,7-8,12H,2-3,5-6,9-11H2,1H3,(H2,18,19). The van der Waals surface area contributed by atoms with E-state index in [1.54, 1.807) is 0 Å². The number of likely N-dealkylation sites (tertiary alicyclic amines) is 1. The van der Waals surface area contributed by atoms with Crippen LogP contribution in [0.25, 0.3) is 11.0 Å². The molecular weight excluding hydrogens is 284 g/mol. The summed E-state index contributed by atoms with van der Waals surface area (Å²) >= 11 is 6.18. The van der Waals surface area contributed by atoms with Crippen molar-refractivity contribution in [3.05, 3.63) is 23.2 Å². The Balaban J connectivity index is 1.68. The summed E-state index contributed by atoms with van der Waals surface area (Å²) < 4.78 is 2.08. The van der Waals surface area contributed by atoms with E-state index in [1.165, 1.54) is 25.8 Å². The van der Waals surface area contributed by atoms with Crippen LogP contribution >= 0.6 is 11.6 Å². The Bertz CT molecular complexity index is 622. The van der Waals surface area contributed by atoms with Crippen LogP contribution in [0.15, 0.2) is 18.2 Å². The van der Waals surface area contributed by atoms with Crippen molar-refractivity contribution in [1.29, 1.82) is 0 Å². The number of nitrogens with two attached hydrogens (primary N) is 1. The van der Waals surface area contributed by atoms with Gasteiger partial charge in [-0.1, -0.05) is 24.1 Å². The summed E-state index contributed by atoms with van der Waals surface area (Å²) in [5, 5.41) is 0.669. The molecule has 1 unspecified atom stereocenters. The van der Waals surface area contributed by atoms with Crippen molar-refractivity contribution in [3.8, 4) is 0 Å². The van der Waals surface area contributed by atoms with E-state index in [9.17, 15) is 0 Å². The molecule has 1 atom stereocenters. The predicted octanol–water partition coefficient (Wildman–Crippen LogP) is 3.54. The van der Waals surface area contributed by atoms with Crippen molar-refractivity contribution >= 4 is 28.6 Å². The third-order valence-corrected chi connectivity index (χ3v) is 4.83. The average Bonchev–Trinajstić information content (AvgIpc) is 2.79. The highest BCUT2D eigenvalue weighted by molar-refractivity contribution is 6.35. The number of benzene rings is 1. The van der Waals surface area contributed by atoms with Gasteiger partial charge < -0.3 is 15.2 Å². The molecule has 114 valence electrons. The Morgan fingerprint density at radius 3 is 3.00 bits per heavy atom. The molecule has 0 aliphatic carbocycles. The average molecular weight is 307 g/mol. The molecule has 1 saturated heterocycles.